The monoisotopic (exact) mass is 288 g/mol. The van der Waals surface area contributed by atoms with E-state index >= 15 is 0 Å². The van der Waals surface area contributed by atoms with E-state index in [9.17, 15) is 0 Å². The minimum Gasteiger partial charge on any atom is -0.369 e. The third-order valence-corrected chi connectivity index (χ3v) is 3.43. The van der Waals surface area contributed by atoms with E-state index in [1.54, 1.807) is 29.2 Å². The zero-order valence-electron chi connectivity index (χ0n) is 11.6. The molecule has 3 aromatic heterocycles. The van der Waals surface area contributed by atoms with Crippen LogP contribution in [0.3, 0.4) is 0 Å². The van der Waals surface area contributed by atoms with Gasteiger partial charge in [0.15, 0.2) is 0 Å². The molecule has 0 spiro atoms. The van der Waals surface area contributed by atoms with E-state index in [-0.39, 0.29) is 0 Å². The summed E-state index contributed by atoms with van der Waals surface area (Å²) < 4.78 is 1.74. The Morgan fingerprint density at radius 1 is 0.909 bits per heavy atom. The van der Waals surface area contributed by atoms with E-state index in [2.05, 4.69) is 19.9 Å². The number of fused-ring (bicyclic) bond motifs is 1. The van der Waals surface area contributed by atoms with Crippen LogP contribution in [-0.2, 0) is 0 Å². The third-order valence-electron chi connectivity index (χ3n) is 3.43. The van der Waals surface area contributed by atoms with Crippen molar-refractivity contribution in [3.8, 4) is 17.1 Å². The van der Waals surface area contributed by atoms with Gasteiger partial charge in [0.1, 0.15) is 0 Å². The van der Waals surface area contributed by atoms with Crippen molar-refractivity contribution in [3.63, 3.8) is 0 Å². The molecule has 0 unspecified atom stereocenters. The zero-order chi connectivity index (χ0) is 14.9. The fourth-order valence-electron chi connectivity index (χ4n) is 2.43. The molecule has 0 aliphatic rings. The molecule has 106 valence electrons. The highest BCUT2D eigenvalue weighted by Crippen LogP contribution is 2.26. The van der Waals surface area contributed by atoms with Crippen LogP contribution in [0.15, 0.2) is 61.2 Å². The first-order valence-corrected chi connectivity index (χ1v) is 6.79. The fraction of sp³-hybridized carbons (Fsp3) is 0. The Balaban J connectivity index is 1.90. The second-order valence-corrected chi connectivity index (χ2v) is 4.80. The molecule has 0 bridgehead atoms. The van der Waals surface area contributed by atoms with Crippen LogP contribution in [0.2, 0.25) is 0 Å². The van der Waals surface area contributed by atoms with Gasteiger partial charge in [0.2, 0.25) is 11.9 Å². The standard InChI is InChI=1S/C16H12N6/c17-15-21-13-9-11(12-3-1-6-18-10-12)4-5-14(13)22(15)16-19-7-2-8-20-16/h1-10H,(H2,17,21). The average Bonchev–Trinajstić information content (AvgIpc) is 2.91. The first kappa shape index (κ1) is 12.5. The molecule has 4 aromatic rings. The Labute approximate surface area is 126 Å². The highest BCUT2D eigenvalue weighted by Gasteiger charge is 2.12. The van der Waals surface area contributed by atoms with Crippen molar-refractivity contribution in [2.24, 2.45) is 0 Å². The van der Waals surface area contributed by atoms with E-state index in [0.29, 0.717) is 11.9 Å². The van der Waals surface area contributed by atoms with Gasteiger partial charge in [0.05, 0.1) is 11.0 Å². The second-order valence-electron chi connectivity index (χ2n) is 4.80. The molecule has 0 saturated carbocycles. The normalized spacial score (nSPS) is 10.9. The van der Waals surface area contributed by atoms with Crippen LogP contribution < -0.4 is 5.73 Å². The predicted molar refractivity (Wildman–Crippen MR) is 84.3 cm³/mol. The van der Waals surface area contributed by atoms with Gasteiger partial charge in [-0.3, -0.25) is 4.98 Å². The number of nitrogens with two attached hydrogens (primary N) is 1. The lowest BCUT2D eigenvalue weighted by Crippen LogP contribution is -2.04. The summed E-state index contributed by atoms with van der Waals surface area (Å²) in [6.07, 6.45) is 6.93. The molecule has 22 heavy (non-hydrogen) atoms. The highest BCUT2D eigenvalue weighted by molar-refractivity contribution is 5.85. The number of pyridine rings is 1. The molecule has 6 heteroatoms. The summed E-state index contributed by atoms with van der Waals surface area (Å²) in [5.41, 5.74) is 9.78. The number of hydrogen-bond donors (Lipinski definition) is 1. The lowest BCUT2D eigenvalue weighted by atomic mass is 10.1. The molecule has 0 amide bonds. The molecule has 6 nitrogen and oxygen atoms in total. The summed E-state index contributed by atoms with van der Waals surface area (Å²) in [4.78, 5) is 17.0. The van der Waals surface area contributed by atoms with Crippen molar-refractivity contribution in [2.75, 3.05) is 5.73 Å². The summed E-state index contributed by atoms with van der Waals surface area (Å²) in [6, 6.07) is 11.7. The van der Waals surface area contributed by atoms with E-state index in [0.717, 1.165) is 22.2 Å². The van der Waals surface area contributed by atoms with Crippen LogP contribution in [0, 0.1) is 0 Å². The number of rotatable bonds is 2. The second kappa shape index (κ2) is 4.92. The fourth-order valence-corrected chi connectivity index (χ4v) is 2.43. The average molecular weight is 288 g/mol. The van der Waals surface area contributed by atoms with Crippen LogP contribution in [0.5, 0.6) is 0 Å². The minimum absolute atomic E-state index is 0.365. The summed E-state index contributed by atoms with van der Waals surface area (Å²) >= 11 is 0. The molecule has 0 fully saturated rings. The van der Waals surface area contributed by atoms with Crippen LogP contribution in [0.1, 0.15) is 0 Å². The summed E-state index contributed by atoms with van der Waals surface area (Å²) in [7, 11) is 0. The Kier molecular flexibility index (Phi) is 2.79. The van der Waals surface area contributed by atoms with Gasteiger partial charge < -0.3 is 5.73 Å². The van der Waals surface area contributed by atoms with E-state index < -0.39 is 0 Å². The molecule has 0 saturated heterocycles. The van der Waals surface area contributed by atoms with Gasteiger partial charge in [0.25, 0.3) is 0 Å². The quantitative estimate of drug-likeness (QED) is 0.612. The summed E-state index contributed by atoms with van der Waals surface area (Å²) in [6.45, 7) is 0. The topological polar surface area (TPSA) is 82.5 Å². The molecular formula is C16H12N6. The van der Waals surface area contributed by atoms with Crippen molar-refractivity contribution >= 4 is 17.0 Å². The largest absolute Gasteiger partial charge is 0.369 e. The maximum Gasteiger partial charge on any atom is 0.236 e. The van der Waals surface area contributed by atoms with Crippen molar-refractivity contribution in [2.45, 2.75) is 0 Å². The van der Waals surface area contributed by atoms with Crippen LogP contribution in [0.25, 0.3) is 28.1 Å². The number of anilines is 1. The number of hydrogen-bond acceptors (Lipinski definition) is 5. The third kappa shape index (κ3) is 1.98. The molecule has 0 atom stereocenters. The predicted octanol–water partition coefficient (Wildman–Crippen LogP) is 2.46. The number of benzene rings is 1. The van der Waals surface area contributed by atoms with Crippen LogP contribution in [-0.4, -0.2) is 24.5 Å². The number of nitrogens with zero attached hydrogens (tertiary/aromatic N) is 5. The molecule has 2 N–H and O–H groups in total. The van der Waals surface area contributed by atoms with Gasteiger partial charge >= 0.3 is 0 Å². The molecule has 0 aliphatic carbocycles. The van der Waals surface area contributed by atoms with Gasteiger partial charge in [-0.05, 0) is 29.8 Å². The maximum atomic E-state index is 6.03. The van der Waals surface area contributed by atoms with Gasteiger partial charge in [-0.15, -0.1) is 0 Å². The molecule has 0 radical (unpaired) electrons. The first-order valence-electron chi connectivity index (χ1n) is 6.79. The summed E-state index contributed by atoms with van der Waals surface area (Å²) in [5, 5.41) is 0. The van der Waals surface area contributed by atoms with Crippen molar-refractivity contribution in [1.82, 2.24) is 24.5 Å². The van der Waals surface area contributed by atoms with E-state index in [1.165, 1.54) is 0 Å². The lowest BCUT2D eigenvalue weighted by Gasteiger charge is -2.04. The molecule has 0 aliphatic heterocycles. The van der Waals surface area contributed by atoms with Crippen molar-refractivity contribution < 1.29 is 0 Å². The van der Waals surface area contributed by atoms with E-state index in [1.807, 2.05) is 36.5 Å². The smallest absolute Gasteiger partial charge is 0.236 e. The maximum absolute atomic E-state index is 6.03. The summed E-state index contributed by atoms with van der Waals surface area (Å²) in [5.74, 6) is 0.876. The lowest BCUT2D eigenvalue weighted by molar-refractivity contribution is 0.960. The van der Waals surface area contributed by atoms with Crippen LogP contribution >= 0.6 is 0 Å². The zero-order valence-corrected chi connectivity index (χ0v) is 11.6. The Morgan fingerprint density at radius 3 is 2.55 bits per heavy atom. The molecule has 1 aromatic carbocycles. The number of aromatic nitrogens is 5. The van der Waals surface area contributed by atoms with Crippen molar-refractivity contribution in [3.05, 3.63) is 61.2 Å². The number of imidazole rings is 1. The Bertz CT molecular complexity index is 931. The Morgan fingerprint density at radius 2 is 1.77 bits per heavy atom. The minimum atomic E-state index is 0.365. The SMILES string of the molecule is Nc1nc2cc(-c3cccnc3)ccc2n1-c1ncccn1. The van der Waals surface area contributed by atoms with Crippen molar-refractivity contribution in [1.29, 1.82) is 0 Å². The highest BCUT2D eigenvalue weighted by atomic mass is 15.2. The van der Waals surface area contributed by atoms with Crippen LogP contribution in [0.4, 0.5) is 5.95 Å². The first-order chi connectivity index (χ1) is 10.8. The van der Waals surface area contributed by atoms with Gasteiger partial charge in [-0.25, -0.2) is 19.5 Å². The molecule has 3 heterocycles. The molecular weight excluding hydrogens is 276 g/mol. The van der Waals surface area contributed by atoms with Gasteiger partial charge in [-0.2, -0.15) is 0 Å². The van der Waals surface area contributed by atoms with E-state index in [4.69, 9.17) is 5.73 Å². The number of nitrogen functional groups attached to an aromatic ring is 1. The van der Waals surface area contributed by atoms with Gasteiger partial charge in [0, 0.05) is 30.4 Å². The Hall–Kier alpha value is -3.28. The molecule has 4 rings (SSSR count). The van der Waals surface area contributed by atoms with Gasteiger partial charge in [-0.1, -0.05) is 12.1 Å².